The summed E-state index contributed by atoms with van der Waals surface area (Å²) in [6, 6.07) is 4.72. The van der Waals surface area contributed by atoms with E-state index in [0.29, 0.717) is 12.0 Å². The van der Waals surface area contributed by atoms with Gasteiger partial charge in [0.15, 0.2) is 0 Å². The quantitative estimate of drug-likeness (QED) is 0.800. The lowest BCUT2D eigenvalue weighted by molar-refractivity contribution is 0.378. The standard InChI is InChI=1S/C14H21N3/c1-10-7-8-17(9-12(10)15)14-6-5-11-3-2-4-13(11)16-14/h5-6,10,12H,2-4,7-9,15H2,1H3. The molecule has 1 fully saturated rings. The first kappa shape index (κ1) is 11.0. The van der Waals surface area contributed by atoms with Crippen LogP contribution in [0.2, 0.25) is 0 Å². The molecular weight excluding hydrogens is 210 g/mol. The van der Waals surface area contributed by atoms with Gasteiger partial charge in [0.25, 0.3) is 0 Å². The van der Waals surface area contributed by atoms with Crippen LogP contribution in [0.25, 0.3) is 0 Å². The number of hydrogen-bond acceptors (Lipinski definition) is 3. The summed E-state index contributed by atoms with van der Waals surface area (Å²) in [7, 11) is 0. The summed E-state index contributed by atoms with van der Waals surface area (Å²) < 4.78 is 0. The Balaban J connectivity index is 1.80. The molecule has 92 valence electrons. The van der Waals surface area contributed by atoms with Gasteiger partial charge in [0.2, 0.25) is 0 Å². The molecule has 17 heavy (non-hydrogen) atoms. The third-order valence-electron chi connectivity index (χ3n) is 4.25. The predicted octanol–water partition coefficient (Wildman–Crippen LogP) is 1.74. The van der Waals surface area contributed by atoms with E-state index in [-0.39, 0.29) is 0 Å². The molecule has 3 nitrogen and oxygen atoms in total. The second-order valence-electron chi connectivity index (χ2n) is 5.50. The molecular formula is C14H21N3. The Morgan fingerprint density at radius 2 is 2.24 bits per heavy atom. The lowest BCUT2D eigenvalue weighted by Gasteiger charge is -2.36. The van der Waals surface area contributed by atoms with Crippen LogP contribution in [0.1, 0.15) is 31.0 Å². The fourth-order valence-electron chi connectivity index (χ4n) is 2.89. The normalized spacial score (nSPS) is 28.2. The van der Waals surface area contributed by atoms with Gasteiger partial charge in [0.05, 0.1) is 0 Å². The molecule has 1 saturated heterocycles. The third-order valence-corrected chi connectivity index (χ3v) is 4.25. The van der Waals surface area contributed by atoms with Crippen molar-refractivity contribution in [2.75, 3.05) is 18.0 Å². The summed E-state index contributed by atoms with van der Waals surface area (Å²) in [5.41, 5.74) is 8.91. The summed E-state index contributed by atoms with van der Waals surface area (Å²) in [6.07, 6.45) is 4.81. The van der Waals surface area contributed by atoms with Crippen molar-refractivity contribution in [1.82, 2.24) is 4.98 Å². The SMILES string of the molecule is CC1CCN(c2ccc3c(n2)CCC3)CC1N. The van der Waals surface area contributed by atoms with E-state index in [1.165, 1.54) is 30.5 Å². The summed E-state index contributed by atoms with van der Waals surface area (Å²) in [4.78, 5) is 7.16. The van der Waals surface area contributed by atoms with Crippen molar-refractivity contribution in [2.24, 2.45) is 11.7 Å². The van der Waals surface area contributed by atoms with Gasteiger partial charge in [-0.05, 0) is 43.2 Å². The molecule has 0 bridgehead atoms. The molecule has 1 aromatic rings. The van der Waals surface area contributed by atoms with Crippen LogP contribution in [0.15, 0.2) is 12.1 Å². The number of aromatic nitrogens is 1. The van der Waals surface area contributed by atoms with Gasteiger partial charge in [0.1, 0.15) is 5.82 Å². The summed E-state index contributed by atoms with van der Waals surface area (Å²) in [5, 5.41) is 0. The van der Waals surface area contributed by atoms with E-state index < -0.39 is 0 Å². The maximum Gasteiger partial charge on any atom is 0.128 e. The van der Waals surface area contributed by atoms with Crippen LogP contribution in [0.5, 0.6) is 0 Å². The summed E-state index contributed by atoms with van der Waals surface area (Å²) in [6.45, 7) is 4.30. The smallest absolute Gasteiger partial charge is 0.128 e. The molecule has 0 aromatic carbocycles. The topological polar surface area (TPSA) is 42.2 Å². The first-order chi connectivity index (χ1) is 8.24. The Bertz CT molecular complexity index is 416. The molecule has 2 heterocycles. The average molecular weight is 231 g/mol. The number of rotatable bonds is 1. The molecule has 0 amide bonds. The zero-order valence-corrected chi connectivity index (χ0v) is 10.5. The van der Waals surface area contributed by atoms with Crippen molar-refractivity contribution in [2.45, 2.75) is 38.6 Å². The van der Waals surface area contributed by atoms with Gasteiger partial charge in [-0.25, -0.2) is 4.98 Å². The second-order valence-corrected chi connectivity index (χ2v) is 5.50. The molecule has 2 aliphatic rings. The minimum atomic E-state index is 0.291. The molecule has 2 atom stereocenters. The molecule has 3 rings (SSSR count). The summed E-state index contributed by atoms with van der Waals surface area (Å²) >= 11 is 0. The third kappa shape index (κ3) is 2.04. The number of piperidine rings is 1. The van der Waals surface area contributed by atoms with Gasteiger partial charge < -0.3 is 10.6 Å². The molecule has 0 radical (unpaired) electrons. The lowest BCUT2D eigenvalue weighted by Crippen LogP contribution is -2.47. The lowest BCUT2D eigenvalue weighted by atomic mass is 9.94. The van der Waals surface area contributed by atoms with E-state index in [4.69, 9.17) is 10.7 Å². The highest BCUT2D eigenvalue weighted by molar-refractivity contribution is 5.43. The highest BCUT2D eigenvalue weighted by Gasteiger charge is 2.24. The van der Waals surface area contributed by atoms with E-state index >= 15 is 0 Å². The Morgan fingerprint density at radius 3 is 3.06 bits per heavy atom. The van der Waals surface area contributed by atoms with Crippen molar-refractivity contribution in [3.05, 3.63) is 23.4 Å². The molecule has 3 heteroatoms. The summed E-state index contributed by atoms with van der Waals surface area (Å²) in [5.74, 6) is 1.77. The first-order valence-corrected chi connectivity index (χ1v) is 6.73. The van der Waals surface area contributed by atoms with Crippen LogP contribution in [0.3, 0.4) is 0 Å². The number of nitrogens with two attached hydrogens (primary N) is 1. The van der Waals surface area contributed by atoms with Crippen molar-refractivity contribution >= 4 is 5.82 Å². The van der Waals surface area contributed by atoms with E-state index in [2.05, 4.69) is 24.0 Å². The zero-order chi connectivity index (χ0) is 11.8. The minimum Gasteiger partial charge on any atom is -0.355 e. The Hall–Kier alpha value is -1.09. The number of nitrogens with zero attached hydrogens (tertiary/aromatic N) is 2. The zero-order valence-electron chi connectivity index (χ0n) is 10.5. The van der Waals surface area contributed by atoms with Crippen LogP contribution < -0.4 is 10.6 Å². The first-order valence-electron chi connectivity index (χ1n) is 6.73. The molecule has 1 aliphatic heterocycles. The maximum absolute atomic E-state index is 6.15. The monoisotopic (exact) mass is 231 g/mol. The molecule has 1 aliphatic carbocycles. The highest BCUT2D eigenvalue weighted by atomic mass is 15.2. The largest absolute Gasteiger partial charge is 0.355 e. The fraction of sp³-hybridized carbons (Fsp3) is 0.643. The van der Waals surface area contributed by atoms with Crippen molar-refractivity contribution < 1.29 is 0 Å². The Labute approximate surface area is 103 Å². The van der Waals surface area contributed by atoms with Gasteiger partial charge in [-0.15, -0.1) is 0 Å². The van der Waals surface area contributed by atoms with E-state index in [9.17, 15) is 0 Å². The molecule has 2 N–H and O–H groups in total. The van der Waals surface area contributed by atoms with Gasteiger partial charge in [0, 0.05) is 24.8 Å². The fourth-order valence-corrected chi connectivity index (χ4v) is 2.89. The van der Waals surface area contributed by atoms with Crippen LogP contribution >= 0.6 is 0 Å². The highest BCUT2D eigenvalue weighted by Crippen LogP contribution is 2.25. The second kappa shape index (κ2) is 4.30. The van der Waals surface area contributed by atoms with Crippen LogP contribution in [0.4, 0.5) is 5.82 Å². The van der Waals surface area contributed by atoms with Crippen molar-refractivity contribution in [3.63, 3.8) is 0 Å². The average Bonchev–Trinajstić information content (AvgIpc) is 2.79. The Kier molecular flexibility index (Phi) is 2.79. The number of fused-ring (bicyclic) bond motifs is 1. The number of anilines is 1. The van der Waals surface area contributed by atoms with Gasteiger partial charge in [-0.2, -0.15) is 0 Å². The van der Waals surface area contributed by atoms with Crippen LogP contribution in [-0.2, 0) is 12.8 Å². The van der Waals surface area contributed by atoms with E-state index in [1.54, 1.807) is 0 Å². The minimum absolute atomic E-state index is 0.291. The van der Waals surface area contributed by atoms with Gasteiger partial charge >= 0.3 is 0 Å². The van der Waals surface area contributed by atoms with Crippen molar-refractivity contribution in [1.29, 1.82) is 0 Å². The molecule has 1 aromatic heterocycles. The molecule has 0 saturated carbocycles. The molecule has 2 unspecified atom stereocenters. The van der Waals surface area contributed by atoms with Gasteiger partial charge in [-0.1, -0.05) is 13.0 Å². The van der Waals surface area contributed by atoms with Gasteiger partial charge in [-0.3, -0.25) is 0 Å². The van der Waals surface area contributed by atoms with Crippen LogP contribution in [0, 0.1) is 5.92 Å². The number of aryl methyl sites for hydroxylation is 2. The number of pyridine rings is 1. The molecule has 0 spiro atoms. The van der Waals surface area contributed by atoms with Crippen LogP contribution in [-0.4, -0.2) is 24.1 Å². The maximum atomic E-state index is 6.15. The number of hydrogen-bond donors (Lipinski definition) is 1. The van der Waals surface area contributed by atoms with E-state index in [0.717, 1.165) is 25.3 Å². The predicted molar refractivity (Wildman–Crippen MR) is 70.2 cm³/mol. The van der Waals surface area contributed by atoms with E-state index in [1.807, 2.05) is 0 Å². The van der Waals surface area contributed by atoms with Crippen molar-refractivity contribution in [3.8, 4) is 0 Å². The Morgan fingerprint density at radius 1 is 1.35 bits per heavy atom.